The second-order valence-electron chi connectivity index (χ2n) is 6.17. The van der Waals surface area contributed by atoms with Crippen LogP contribution in [0.15, 0.2) is 24.3 Å². The SMILES string of the molecule is Cc1cccc(NC(=O)CCN(C(C)(C)C)S(C)(=O)=O)c1. The van der Waals surface area contributed by atoms with Crippen LogP contribution < -0.4 is 5.32 Å². The summed E-state index contributed by atoms with van der Waals surface area (Å²) in [5, 5.41) is 2.78. The molecule has 0 saturated heterocycles. The molecule has 1 amide bonds. The van der Waals surface area contributed by atoms with Crippen molar-refractivity contribution in [1.29, 1.82) is 0 Å². The maximum atomic E-state index is 11.9. The molecule has 0 saturated carbocycles. The summed E-state index contributed by atoms with van der Waals surface area (Å²) in [7, 11) is -3.34. The molecule has 0 aliphatic rings. The van der Waals surface area contributed by atoms with E-state index in [4.69, 9.17) is 0 Å². The minimum atomic E-state index is -3.34. The van der Waals surface area contributed by atoms with Crippen LogP contribution >= 0.6 is 0 Å². The number of rotatable bonds is 5. The average molecular weight is 312 g/mol. The van der Waals surface area contributed by atoms with E-state index in [9.17, 15) is 13.2 Å². The molecule has 0 atom stereocenters. The van der Waals surface area contributed by atoms with Gasteiger partial charge in [0.25, 0.3) is 0 Å². The van der Waals surface area contributed by atoms with Gasteiger partial charge in [-0.2, -0.15) is 4.31 Å². The number of carbonyl (C=O) groups excluding carboxylic acids is 1. The molecule has 0 aliphatic carbocycles. The molecule has 0 heterocycles. The minimum absolute atomic E-state index is 0.123. The molecule has 1 rings (SSSR count). The third-order valence-electron chi connectivity index (χ3n) is 2.99. The van der Waals surface area contributed by atoms with Gasteiger partial charge < -0.3 is 5.32 Å². The van der Waals surface area contributed by atoms with E-state index >= 15 is 0 Å². The Kier molecular flexibility index (Phi) is 5.53. The van der Waals surface area contributed by atoms with Crippen LogP contribution in [0.5, 0.6) is 0 Å². The van der Waals surface area contributed by atoms with E-state index in [-0.39, 0.29) is 18.9 Å². The van der Waals surface area contributed by atoms with E-state index in [0.717, 1.165) is 17.5 Å². The zero-order valence-electron chi connectivity index (χ0n) is 13.3. The summed E-state index contributed by atoms with van der Waals surface area (Å²) in [4.78, 5) is 11.9. The van der Waals surface area contributed by atoms with Crippen molar-refractivity contribution in [2.24, 2.45) is 0 Å². The van der Waals surface area contributed by atoms with Gasteiger partial charge in [0.05, 0.1) is 6.26 Å². The normalized spacial score (nSPS) is 12.5. The van der Waals surface area contributed by atoms with Crippen LogP contribution in [0.25, 0.3) is 0 Å². The Morgan fingerprint density at radius 2 is 1.90 bits per heavy atom. The van der Waals surface area contributed by atoms with Crippen LogP contribution in [0.1, 0.15) is 32.8 Å². The molecule has 5 nitrogen and oxygen atoms in total. The predicted molar refractivity (Wildman–Crippen MR) is 85.7 cm³/mol. The van der Waals surface area contributed by atoms with Crippen molar-refractivity contribution in [2.75, 3.05) is 18.1 Å². The molecule has 0 unspecified atom stereocenters. The molecule has 0 aliphatic heterocycles. The topological polar surface area (TPSA) is 66.5 Å². The number of anilines is 1. The fraction of sp³-hybridized carbons (Fsp3) is 0.533. The van der Waals surface area contributed by atoms with Crippen molar-refractivity contribution in [3.05, 3.63) is 29.8 Å². The maximum absolute atomic E-state index is 11.9. The van der Waals surface area contributed by atoms with Crippen LogP contribution in [0, 0.1) is 6.92 Å². The molecule has 0 aromatic heterocycles. The number of amides is 1. The van der Waals surface area contributed by atoms with E-state index in [0.29, 0.717) is 0 Å². The second kappa shape index (κ2) is 6.58. The lowest BCUT2D eigenvalue weighted by Gasteiger charge is -2.33. The summed E-state index contributed by atoms with van der Waals surface area (Å²) < 4.78 is 24.9. The molecule has 6 heteroatoms. The molecule has 0 fully saturated rings. The number of benzene rings is 1. The first-order valence-corrected chi connectivity index (χ1v) is 8.69. The molecule has 1 aromatic rings. The zero-order valence-corrected chi connectivity index (χ0v) is 14.1. The highest BCUT2D eigenvalue weighted by Gasteiger charge is 2.29. The van der Waals surface area contributed by atoms with E-state index < -0.39 is 15.6 Å². The fourth-order valence-corrected chi connectivity index (χ4v) is 3.57. The Morgan fingerprint density at radius 1 is 1.29 bits per heavy atom. The van der Waals surface area contributed by atoms with Gasteiger partial charge in [-0.15, -0.1) is 0 Å². The Bertz CT molecular complexity index is 604. The lowest BCUT2D eigenvalue weighted by molar-refractivity contribution is -0.116. The first kappa shape index (κ1) is 17.7. The standard InChI is InChI=1S/C15H24N2O3S/c1-12-7-6-8-13(11-12)16-14(18)9-10-17(15(2,3)4)21(5,19)20/h6-8,11H,9-10H2,1-5H3,(H,16,18). The Labute approximate surface area is 127 Å². The zero-order chi connectivity index (χ0) is 16.3. The third-order valence-corrected chi connectivity index (χ3v) is 4.52. The highest BCUT2D eigenvalue weighted by molar-refractivity contribution is 7.88. The maximum Gasteiger partial charge on any atom is 0.225 e. The molecular formula is C15H24N2O3S. The van der Waals surface area contributed by atoms with Crippen molar-refractivity contribution in [1.82, 2.24) is 4.31 Å². The first-order chi connectivity index (χ1) is 9.50. The quantitative estimate of drug-likeness (QED) is 0.908. The molecule has 21 heavy (non-hydrogen) atoms. The van der Waals surface area contributed by atoms with Gasteiger partial charge in [-0.25, -0.2) is 8.42 Å². The van der Waals surface area contributed by atoms with Crippen LogP contribution in [0.2, 0.25) is 0 Å². The Hall–Kier alpha value is -1.40. The summed E-state index contributed by atoms with van der Waals surface area (Å²) >= 11 is 0. The van der Waals surface area contributed by atoms with Gasteiger partial charge in [0.15, 0.2) is 0 Å². The number of hydrogen-bond donors (Lipinski definition) is 1. The number of nitrogens with zero attached hydrogens (tertiary/aromatic N) is 1. The summed E-state index contributed by atoms with van der Waals surface area (Å²) in [6.07, 6.45) is 1.29. The molecule has 0 spiro atoms. The van der Waals surface area contributed by atoms with Crippen LogP contribution in [-0.4, -0.2) is 37.0 Å². The van der Waals surface area contributed by atoms with Gasteiger partial charge in [0.1, 0.15) is 0 Å². The summed E-state index contributed by atoms with van der Waals surface area (Å²) in [6, 6.07) is 7.49. The van der Waals surface area contributed by atoms with Gasteiger partial charge in [-0.1, -0.05) is 12.1 Å². The highest BCUT2D eigenvalue weighted by Crippen LogP contribution is 2.18. The van der Waals surface area contributed by atoms with Crippen LogP contribution in [-0.2, 0) is 14.8 Å². The van der Waals surface area contributed by atoms with E-state index in [1.54, 1.807) is 0 Å². The van der Waals surface area contributed by atoms with Gasteiger partial charge in [-0.3, -0.25) is 4.79 Å². The van der Waals surface area contributed by atoms with Gasteiger partial charge in [0, 0.05) is 24.2 Å². The van der Waals surface area contributed by atoms with Crippen molar-refractivity contribution in [3.63, 3.8) is 0 Å². The Balaban J connectivity index is 2.67. The van der Waals surface area contributed by atoms with Crippen molar-refractivity contribution in [2.45, 2.75) is 39.7 Å². The number of aryl methyl sites for hydroxylation is 1. The lowest BCUT2D eigenvalue weighted by Crippen LogP contribution is -2.46. The van der Waals surface area contributed by atoms with E-state index in [2.05, 4.69) is 5.32 Å². The van der Waals surface area contributed by atoms with Crippen LogP contribution in [0.3, 0.4) is 0 Å². The predicted octanol–water partition coefficient (Wildman–Crippen LogP) is 2.38. The summed E-state index contributed by atoms with van der Waals surface area (Å²) in [6.45, 7) is 7.55. The minimum Gasteiger partial charge on any atom is -0.326 e. The van der Waals surface area contributed by atoms with Gasteiger partial charge >= 0.3 is 0 Å². The van der Waals surface area contributed by atoms with Gasteiger partial charge in [0.2, 0.25) is 15.9 Å². The monoisotopic (exact) mass is 312 g/mol. The summed E-state index contributed by atoms with van der Waals surface area (Å²) in [5.41, 5.74) is 1.24. The highest BCUT2D eigenvalue weighted by atomic mass is 32.2. The molecule has 1 N–H and O–H groups in total. The van der Waals surface area contributed by atoms with Crippen molar-refractivity contribution < 1.29 is 13.2 Å². The lowest BCUT2D eigenvalue weighted by atomic mass is 10.1. The first-order valence-electron chi connectivity index (χ1n) is 6.84. The van der Waals surface area contributed by atoms with E-state index in [1.807, 2.05) is 52.0 Å². The largest absolute Gasteiger partial charge is 0.326 e. The second-order valence-corrected chi connectivity index (χ2v) is 8.08. The molecule has 1 aromatic carbocycles. The number of nitrogens with one attached hydrogen (secondary N) is 1. The Morgan fingerprint density at radius 3 is 2.38 bits per heavy atom. The van der Waals surface area contributed by atoms with Crippen molar-refractivity contribution >= 4 is 21.6 Å². The van der Waals surface area contributed by atoms with E-state index in [1.165, 1.54) is 4.31 Å². The smallest absolute Gasteiger partial charge is 0.225 e. The third kappa shape index (κ3) is 5.85. The summed E-state index contributed by atoms with van der Waals surface area (Å²) in [5.74, 6) is -0.196. The molecule has 0 radical (unpaired) electrons. The average Bonchev–Trinajstić information content (AvgIpc) is 2.24. The molecular weight excluding hydrogens is 288 g/mol. The van der Waals surface area contributed by atoms with Gasteiger partial charge in [-0.05, 0) is 45.4 Å². The molecule has 0 bridgehead atoms. The fourth-order valence-electron chi connectivity index (χ4n) is 2.15. The van der Waals surface area contributed by atoms with Crippen molar-refractivity contribution in [3.8, 4) is 0 Å². The number of carbonyl (C=O) groups is 1. The number of hydrogen-bond acceptors (Lipinski definition) is 3. The van der Waals surface area contributed by atoms with Crippen LogP contribution in [0.4, 0.5) is 5.69 Å². The molecule has 118 valence electrons. The number of sulfonamides is 1.